The van der Waals surface area contributed by atoms with Crippen molar-refractivity contribution in [2.24, 2.45) is 10.2 Å². The number of carbonyl (C=O) groups is 1. The number of rotatable bonds is 5. The van der Waals surface area contributed by atoms with Crippen LogP contribution in [0.25, 0.3) is 11.0 Å². The number of hydrogen-bond donors (Lipinski definition) is 1. The summed E-state index contributed by atoms with van der Waals surface area (Å²) in [5, 5.41) is 18.9. The van der Waals surface area contributed by atoms with E-state index in [1.165, 1.54) is 13.2 Å². The number of methoxy groups -OCH3 is 1. The summed E-state index contributed by atoms with van der Waals surface area (Å²) in [7, 11) is 1.50. The number of nitrogens with zero attached hydrogens (tertiary/aromatic N) is 2. The van der Waals surface area contributed by atoms with Crippen LogP contribution in [-0.4, -0.2) is 48.6 Å². The Morgan fingerprint density at radius 2 is 1.72 bits per heavy atom. The van der Waals surface area contributed by atoms with Crippen molar-refractivity contribution in [1.29, 1.82) is 0 Å². The van der Waals surface area contributed by atoms with Gasteiger partial charge >= 0.3 is 11.8 Å². The molecule has 1 N–H and O–H groups in total. The molecule has 3 heterocycles. The van der Waals surface area contributed by atoms with Crippen LogP contribution < -0.4 is 10.4 Å². The van der Waals surface area contributed by atoms with Crippen molar-refractivity contribution in [3.8, 4) is 11.5 Å². The smallest absolute Gasteiger partial charge is 0.505 e. The average Bonchev–Trinajstić information content (AvgIpc) is 3.22. The van der Waals surface area contributed by atoms with Crippen LogP contribution in [-0.2, 0) is 18.9 Å². The van der Waals surface area contributed by atoms with Crippen molar-refractivity contribution in [2.75, 3.05) is 7.11 Å². The molecule has 2 aliphatic heterocycles. The predicted octanol–water partition coefficient (Wildman–Crippen LogP) is 4.66. The van der Waals surface area contributed by atoms with E-state index in [2.05, 4.69) is 10.2 Å². The number of carbonyl (C=O) groups excluding carboxylic acids is 1. The van der Waals surface area contributed by atoms with Gasteiger partial charge in [0.15, 0.2) is 11.9 Å². The fraction of sp³-hybridized carbons (Fsp3) is 0.360. The van der Waals surface area contributed by atoms with Gasteiger partial charge in [-0.25, -0.2) is 9.59 Å². The van der Waals surface area contributed by atoms with Gasteiger partial charge < -0.3 is 33.2 Å². The highest BCUT2D eigenvalue weighted by Gasteiger charge is 2.59. The summed E-state index contributed by atoms with van der Waals surface area (Å²) in [6.07, 6.45) is -4.07. The number of benzene rings is 2. The fourth-order valence-electron chi connectivity index (χ4n) is 4.47. The first kappa shape index (κ1) is 23.8. The van der Waals surface area contributed by atoms with E-state index in [4.69, 9.17) is 28.1 Å². The quantitative estimate of drug-likeness (QED) is 0.304. The van der Waals surface area contributed by atoms with Crippen LogP contribution in [0.15, 0.2) is 61.9 Å². The van der Waals surface area contributed by atoms with Crippen LogP contribution in [0.3, 0.4) is 0 Å². The highest BCUT2D eigenvalue weighted by atomic mass is 16.8. The zero-order valence-corrected chi connectivity index (χ0v) is 20.0. The van der Waals surface area contributed by atoms with Crippen molar-refractivity contribution in [2.45, 2.75) is 51.0 Å². The van der Waals surface area contributed by atoms with Gasteiger partial charge in [-0.15, -0.1) is 5.11 Å². The maximum absolute atomic E-state index is 12.6. The Bertz CT molecular complexity index is 1400. The average molecular weight is 496 g/mol. The van der Waals surface area contributed by atoms with E-state index in [-0.39, 0.29) is 22.4 Å². The second-order valence-electron chi connectivity index (χ2n) is 8.97. The van der Waals surface area contributed by atoms with Gasteiger partial charge in [-0.1, -0.05) is 18.2 Å². The van der Waals surface area contributed by atoms with Crippen LogP contribution in [0.5, 0.6) is 11.5 Å². The molecule has 4 unspecified atom stereocenters. The standard InChI is InChI=1S/C25H24N2O9/c1-12-15(32-23-20-19(34-24(30)35-20)21(31-4)25(2,3)36-23)11-10-14-17(28)16(22(29)33-18(12)14)27-26-13-8-6-5-7-9-13/h5-11,19-21,23,28H,1-4H3/b27-26+. The van der Waals surface area contributed by atoms with Gasteiger partial charge in [-0.2, -0.15) is 5.11 Å². The summed E-state index contributed by atoms with van der Waals surface area (Å²) in [5.74, 6) is -0.0752. The molecule has 11 heteroatoms. The summed E-state index contributed by atoms with van der Waals surface area (Å²) in [4.78, 5) is 24.5. The van der Waals surface area contributed by atoms with Crippen molar-refractivity contribution in [3.63, 3.8) is 0 Å². The molecule has 0 saturated carbocycles. The molecule has 0 spiro atoms. The van der Waals surface area contributed by atoms with E-state index >= 15 is 0 Å². The van der Waals surface area contributed by atoms with E-state index < -0.39 is 42.0 Å². The first-order valence-corrected chi connectivity index (χ1v) is 11.2. The molecule has 2 fully saturated rings. The third-order valence-electron chi connectivity index (χ3n) is 6.20. The maximum atomic E-state index is 12.6. The zero-order valence-electron chi connectivity index (χ0n) is 20.0. The first-order valence-electron chi connectivity index (χ1n) is 11.2. The molecule has 0 aliphatic carbocycles. The Hall–Kier alpha value is -3.96. The van der Waals surface area contributed by atoms with Crippen molar-refractivity contribution in [1.82, 2.24) is 0 Å². The Balaban J connectivity index is 1.48. The topological polar surface area (TPSA) is 138 Å². The molecule has 0 bridgehead atoms. The van der Waals surface area contributed by atoms with Crippen LogP contribution in [0, 0.1) is 6.92 Å². The van der Waals surface area contributed by atoms with Gasteiger partial charge in [0.25, 0.3) is 0 Å². The molecule has 11 nitrogen and oxygen atoms in total. The molecular weight excluding hydrogens is 472 g/mol. The second-order valence-corrected chi connectivity index (χ2v) is 8.97. The summed E-state index contributed by atoms with van der Waals surface area (Å²) in [6.45, 7) is 5.23. The number of hydrogen-bond acceptors (Lipinski definition) is 11. The lowest BCUT2D eigenvalue weighted by molar-refractivity contribution is -0.282. The highest BCUT2D eigenvalue weighted by Crippen LogP contribution is 2.41. The minimum absolute atomic E-state index is 0.106. The second kappa shape index (κ2) is 8.92. The lowest BCUT2D eigenvalue weighted by atomic mass is 9.89. The molecule has 0 radical (unpaired) electrons. The van der Waals surface area contributed by atoms with Gasteiger partial charge in [0.1, 0.15) is 17.4 Å². The normalized spacial score (nSPS) is 24.9. The fourth-order valence-corrected chi connectivity index (χ4v) is 4.47. The van der Waals surface area contributed by atoms with Gasteiger partial charge in [-0.3, -0.25) is 0 Å². The molecule has 188 valence electrons. The van der Waals surface area contributed by atoms with Gasteiger partial charge in [0, 0.05) is 12.7 Å². The van der Waals surface area contributed by atoms with Crippen LogP contribution >= 0.6 is 0 Å². The third kappa shape index (κ3) is 4.06. The largest absolute Gasteiger partial charge is 0.509 e. The molecular formula is C25H24N2O9. The first-order chi connectivity index (χ1) is 17.2. The van der Waals surface area contributed by atoms with Crippen molar-refractivity contribution >= 4 is 28.5 Å². The molecule has 2 saturated heterocycles. The van der Waals surface area contributed by atoms with E-state index in [9.17, 15) is 14.7 Å². The molecule has 2 aromatic carbocycles. The van der Waals surface area contributed by atoms with E-state index in [0.29, 0.717) is 17.0 Å². The van der Waals surface area contributed by atoms with E-state index in [1.54, 1.807) is 51.1 Å². The van der Waals surface area contributed by atoms with Gasteiger partial charge in [0.05, 0.1) is 16.7 Å². The van der Waals surface area contributed by atoms with Crippen molar-refractivity contribution in [3.05, 3.63) is 58.4 Å². The summed E-state index contributed by atoms with van der Waals surface area (Å²) >= 11 is 0. The van der Waals surface area contributed by atoms with Crippen molar-refractivity contribution < 1.29 is 38.0 Å². The number of aryl methyl sites for hydroxylation is 1. The SMILES string of the molecule is COC1C2OC(=O)OC2C(Oc2ccc3c(O)c(/N=N/c4ccccc4)c(=O)oc3c2C)OC1(C)C. The molecule has 36 heavy (non-hydrogen) atoms. The lowest BCUT2D eigenvalue weighted by Crippen LogP contribution is -2.62. The molecule has 4 atom stereocenters. The lowest BCUT2D eigenvalue weighted by Gasteiger charge is -2.45. The predicted molar refractivity (Wildman–Crippen MR) is 125 cm³/mol. The molecule has 2 aliphatic rings. The summed E-state index contributed by atoms with van der Waals surface area (Å²) < 4.78 is 33.7. The third-order valence-corrected chi connectivity index (χ3v) is 6.20. The van der Waals surface area contributed by atoms with Gasteiger partial charge in [0.2, 0.25) is 18.1 Å². The minimum atomic E-state index is -1.03. The Morgan fingerprint density at radius 3 is 2.44 bits per heavy atom. The molecule has 0 amide bonds. The van der Waals surface area contributed by atoms with Crippen LogP contribution in [0.4, 0.5) is 16.2 Å². The van der Waals surface area contributed by atoms with E-state index in [1.807, 2.05) is 6.07 Å². The highest BCUT2D eigenvalue weighted by molar-refractivity contribution is 5.90. The number of aromatic hydroxyl groups is 1. The number of azo groups is 1. The molecule has 5 rings (SSSR count). The maximum Gasteiger partial charge on any atom is 0.509 e. The van der Waals surface area contributed by atoms with Crippen LogP contribution in [0.1, 0.15) is 19.4 Å². The zero-order chi connectivity index (χ0) is 25.6. The Labute approximate surface area is 205 Å². The molecule has 3 aromatic rings. The van der Waals surface area contributed by atoms with Gasteiger partial charge in [-0.05, 0) is 45.0 Å². The summed E-state index contributed by atoms with van der Waals surface area (Å²) in [5.41, 5.74) is -1.02. The number of fused-ring (bicyclic) bond motifs is 2. The summed E-state index contributed by atoms with van der Waals surface area (Å²) in [6, 6.07) is 11.9. The van der Waals surface area contributed by atoms with E-state index in [0.717, 1.165) is 0 Å². The minimum Gasteiger partial charge on any atom is -0.505 e. The molecule has 1 aromatic heterocycles. The monoisotopic (exact) mass is 496 g/mol. The van der Waals surface area contributed by atoms with Crippen LogP contribution in [0.2, 0.25) is 0 Å². The Morgan fingerprint density at radius 1 is 1.00 bits per heavy atom. The Kier molecular flexibility index (Phi) is 5.89. The number of ether oxygens (including phenoxy) is 5.